The second kappa shape index (κ2) is 2.08. The van der Waals surface area contributed by atoms with Crippen molar-refractivity contribution < 1.29 is 0 Å². The molecule has 1 rings (SSSR count). The zero-order valence-corrected chi connectivity index (χ0v) is 5.79. The maximum atomic E-state index is 2.33. The van der Waals surface area contributed by atoms with Crippen molar-refractivity contribution in [3.8, 4) is 0 Å². The first-order valence-electron chi connectivity index (χ1n) is 2.85. The molecule has 0 aromatic rings. The van der Waals surface area contributed by atoms with E-state index < -0.39 is 0 Å². The Morgan fingerprint density at radius 1 is 1.43 bits per heavy atom. The number of thioether (sulfide) groups is 1. The zero-order valence-electron chi connectivity index (χ0n) is 4.98. The monoisotopic (exact) mass is 116 g/mol. The van der Waals surface area contributed by atoms with Crippen LogP contribution in [0.4, 0.5) is 0 Å². The van der Waals surface area contributed by atoms with Gasteiger partial charge in [0.15, 0.2) is 0 Å². The van der Waals surface area contributed by atoms with Gasteiger partial charge >= 0.3 is 0 Å². The second-order valence-corrected chi connectivity index (χ2v) is 3.57. The van der Waals surface area contributed by atoms with Crippen LogP contribution in [0.1, 0.15) is 19.8 Å². The molecule has 0 nitrogen and oxygen atoms in total. The average Bonchev–Trinajstić information content (AvgIpc) is 1.58. The summed E-state index contributed by atoms with van der Waals surface area (Å²) < 4.78 is 0. The molecule has 0 atom stereocenters. The lowest BCUT2D eigenvalue weighted by Gasteiger charge is -2.30. The van der Waals surface area contributed by atoms with Crippen LogP contribution in [0.15, 0.2) is 0 Å². The van der Waals surface area contributed by atoms with Crippen LogP contribution in [-0.2, 0) is 0 Å². The van der Waals surface area contributed by atoms with Crippen LogP contribution in [0.5, 0.6) is 0 Å². The highest BCUT2D eigenvalue weighted by Gasteiger charge is 2.23. The van der Waals surface area contributed by atoms with Crippen LogP contribution >= 0.6 is 11.8 Å². The Kier molecular flexibility index (Phi) is 1.63. The van der Waals surface area contributed by atoms with Crippen molar-refractivity contribution in [2.75, 3.05) is 6.26 Å². The van der Waals surface area contributed by atoms with Gasteiger partial charge in [-0.25, -0.2) is 0 Å². The molecular weight excluding hydrogens is 104 g/mol. The third-order valence-corrected chi connectivity index (χ3v) is 2.72. The predicted octanol–water partition coefficient (Wildman–Crippen LogP) is 2.15. The Balaban J connectivity index is 2.06. The van der Waals surface area contributed by atoms with Crippen molar-refractivity contribution >= 4 is 11.8 Å². The highest BCUT2D eigenvalue weighted by molar-refractivity contribution is 7.99. The first-order chi connectivity index (χ1) is 3.33. The van der Waals surface area contributed by atoms with Gasteiger partial charge in [-0.3, -0.25) is 0 Å². The van der Waals surface area contributed by atoms with E-state index in [-0.39, 0.29) is 0 Å². The van der Waals surface area contributed by atoms with Gasteiger partial charge in [-0.05, 0) is 25.0 Å². The van der Waals surface area contributed by atoms with Crippen molar-refractivity contribution in [1.29, 1.82) is 0 Å². The molecule has 0 amide bonds. The van der Waals surface area contributed by atoms with Gasteiger partial charge in [0, 0.05) is 5.25 Å². The third kappa shape index (κ3) is 1.12. The number of hydrogen-bond acceptors (Lipinski definition) is 1. The van der Waals surface area contributed by atoms with Crippen molar-refractivity contribution in [1.82, 2.24) is 0 Å². The Morgan fingerprint density at radius 3 is 2.14 bits per heavy atom. The summed E-state index contributed by atoms with van der Waals surface area (Å²) >= 11 is 2.02. The maximum Gasteiger partial charge on any atom is 0.00493 e. The zero-order chi connectivity index (χ0) is 5.28. The summed E-state index contributed by atoms with van der Waals surface area (Å²) in [5.41, 5.74) is 0. The lowest BCUT2D eigenvalue weighted by molar-refractivity contribution is 0.361. The maximum absolute atomic E-state index is 2.33. The summed E-state index contributed by atoms with van der Waals surface area (Å²) in [5, 5.41) is 1.01. The summed E-state index contributed by atoms with van der Waals surface area (Å²) in [7, 11) is 0. The molecule has 0 spiro atoms. The van der Waals surface area contributed by atoms with E-state index in [1.807, 2.05) is 11.8 Å². The SMILES string of the molecule is CSC1CC(C)C1. The summed E-state index contributed by atoms with van der Waals surface area (Å²) in [5.74, 6) is 1.03. The molecule has 0 aromatic carbocycles. The third-order valence-electron chi connectivity index (χ3n) is 1.66. The van der Waals surface area contributed by atoms with Crippen LogP contribution in [0.25, 0.3) is 0 Å². The van der Waals surface area contributed by atoms with E-state index in [1.54, 1.807) is 0 Å². The molecule has 1 fully saturated rings. The van der Waals surface area contributed by atoms with E-state index in [1.165, 1.54) is 12.8 Å². The molecule has 0 aromatic heterocycles. The standard InChI is InChI=1S/C6H12S/c1-5-3-6(4-5)7-2/h5-6H,3-4H2,1-2H3. The predicted molar refractivity (Wildman–Crippen MR) is 35.7 cm³/mol. The smallest absolute Gasteiger partial charge is 0.00493 e. The number of rotatable bonds is 1. The summed E-state index contributed by atoms with van der Waals surface area (Å²) in [4.78, 5) is 0. The highest BCUT2D eigenvalue weighted by Crippen LogP contribution is 2.34. The molecule has 0 N–H and O–H groups in total. The Morgan fingerprint density at radius 2 is 2.00 bits per heavy atom. The lowest BCUT2D eigenvalue weighted by Crippen LogP contribution is -2.22. The largest absolute Gasteiger partial charge is 0.162 e. The van der Waals surface area contributed by atoms with Gasteiger partial charge in [0.1, 0.15) is 0 Å². The van der Waals surface area contributed by atoms with E-state index in [0.29, 0.717) is 0 Å². The van der Waals surface area contributed by atoms with Crippen LogP contribution in [-0.4, -0.2) is 11.5 Å². The highest BCUT2D eigenvalue weighted by atomic mass is 32.2. The van der Waals surface area contributed by atoms with E-state index in [4.69, 9.17) is 0 Å². The van der Waals surface area contributed by atoms with Crippen LogP contribution in [0.2, 0.25) is 0 Å². The molecule has 1 aliphatic carbocycles. The van der Waals surface area contributed by atoms with Crippen LogP contribution in [0, 0.1) is 5.92 Å². The van der Waals surface area contributed by atoms with Crippen molar-refractivity contribution in [2.45, 2.75) is 25.0 Å². The molecule has 42 valence electrons. The molecule has 0 bridgehead atoms. The van der Waals surface area contributed by atoms with E-state index in [2.05, 4.69) is 13.2 Å². The van der Waals surface area contributed by atoms with Gasteiger partial charge in [0.25, 0.3) is 0 Å². The van der Waals surface area contributed by atoms with Crippen molar-refractivity contribution in [3.63, 3.8) is 0 Å². The fourth-order valence-electron chi connectivity index (χ4n) is 1.02. The minimum atomic E-state index is 1.01. The fourth-order valence-corrected chi connectivity index (χ4v) is 2.06. The van der Waals surface area contributed by atoms with Gasteiger partial charge in [0.05, 0.1) is 0 Å². The van der Waals surface area contributed by atoms with Crippen LogP contribution < -0.4 is 0 Å². The number of hydrogen-bond donors (Lipinski definition) is 0. The van der Waals surface area contributed by atoms with E-state index >= 15 is 0 Å². The van der Waals surface area contributed by atoms with Gasteiger partial charge in [-0.1, -0.05) is 6.92 Å². The Bertz CT molecular complexity index is 55.2. The molecule has 0 unspecified atom stereocenters. The van der Waals surface area contributed by atoms with E-state index in [0.717, 1.165) is 11.2 Å². The van der Waals surface area contributed by atoms with Gasteiger partial charge in [-0.15, -0.1) is 0 Å². The van der Waals surface area contributed by atoms with E-state index in [9.17, 15) is 0 Å². The molecule has 0 saturated heterocycles. The Labute approximate surface area is 49.7 Å². The molecule has 1 saturated carbocycles. The first kappa shape index (κ1) is 5.49. The first-order valence-corrected chi connectivity index (χ1v) is 4.14. The molecule has 0 radical (unpaired) electrons. The van der Waals surface area contributed by atoms with Gasteiger partial charge in [-0.2, -0.15) is 11.8 Å². The normalized spacial score (nSPS) is 40.3. The van der Waals surface area contributed by atoms with Crippen molar-refractivity contribution in [3.05, 3.63) is 0 Å². The molecule has 1 heteroatoms. The van der Waals surface area contributed by atoms with Gasteiger partial charge in [0.2, 0.25) is 0 Å². The van der Waals surface area contributed by atoms with Crippen molar-refractivity contribution in [2.24, 2.45) is 5.92 Å². The fraction of sp³-hybridized carbons (Fsp3) is 1.00. The molecule has 1 aliphatic rings. The lowest BCUT2D eigenvalue weighted by atomic mass is 9.87. The molecule has 0 heterocycles. The van der Waals surface area contributed by atoms with Crippen LogP contribution in [0.3, 0.4) is 0 Å². The minimum absolute atomic E-state index is 1.01. The average molecular weight is 116 g/mol. The second-order valence-electron chi connectivity index (χ2n) is 2.43. The summed E-state index contributed by atoms with van der Waals surface area (Å²) in [6.45, 7) is 2.33. The molecular formula is C6H12S. The van der Waals surface area contributed by atoms with Gasteiger partial charge < -0.3 is 0 Å². The summed E-state index contributed by atoms with van der Waals surface area (Å²) in [6, 6.07) is 0. The topological polar surface area (TPSA) is 0 Å². The summed E-state index contributed by atoms with van der Waals surface area (Å²) in [6.07, 6.45) is 5.12. The molecule has 7 heavy (non-hydrogen) atoms. The quantitative estimate of drug-likeness (QED) is 0.506. The Hall–Kier alpha value is 0.350. The minimum Gasteiger partial charge on any atom is -0.162 e. The molecule has 0 aliphatic heterocycles.